The Balaban J connectivity index is 2.53. The molecule has 0 spiro atoms. The van der Waals surface area contributed by atoms with Gasteiger partial charge in [-0.25, -0.2) is 0 Å². The first-order valence-electron chi connectivity index (χ1n) is 6.81. The van der Waals surface area contributed by atoms with E-state index in [0.29, 0.717) is 17.1 Å². The number of hydrogen-bond acceptors (Lipinski definition) is 4. The second-order valence-electron chi connectivity index (χ2n) is 4.71. The van der Waals surface area contributed by atoms with Crippen molar-refractivity contribution in [1.82, 2.24) is 0 Å². The van der Waals surface area contributed by atoms with E-state index in [-0.39, 0.29) is 0 Å². The minimum absolute atomic E-state index is 0.493. The molecule has 4 nitrogen and oxygen atoms in total. The molecule has 2 atom stereocenters. The Morgan fingerprint density at radius 2 is 1.50 bits per heavy atom. The zero-order valence-corrected chi connectivity index (χ0v) is 12.5. The molecule has 110 valence electrons. The van der Waals surface area contributed by atoms with Crippen LogP contribution in [0, 0.1) is 22.7 Å². The third-order valence-corrected chi connectivity index (χ3v) is 3.54. The van der Waals surface area contributed by atoms with E-state index in [2.05, 4.69) is 12.1 Å². The molecule has 0 radical (unpaired) electrons. The summed E-state index contributed by atoms with van der Waals surface area (Å²) < 4.78 is 10.7. The molecule has 22 heavy (non-hydrogen) atoms. The van der Waals surface area contributed by atoms with E-state index in [1.165, 1.54) is 7.11 Å². The van der Waals surface area contributed by atoms with Crippen molar-refractivity contribution in [1.29, 1.82) is 10.5 Å². The van der Waals surface area contributed by atoms with Crippen LogP contribution in [0.1, 0.15) is 23.0 Å². The third kappa shape index (κ3) is 2.87. The van der Waals surface area contributed by atoms with Crippen molar-refractivity contribution in [2.45, 2.75) is 11.8 Å². The second kappa shape index (κ2) is 7.15. The largest absolute Gasteiger partial charge is 0.493 e. The first-order chi connectivity index (χ1) is 10.8. The SMILES string of the molecule is COc1cccc([C@H](C#N)[C@H](C#N)c2ccccc2)c1OC. The Kier molecular flexibility index (Phi) is 5.01. The van der Waals surface area contributed by atoms with Crippen LogP contribution in [0.4, 0.5) is 0 Å². The minimum atomic E-state index is -0.641. The summed E-state index contributed by atoms with van der Waals surface area (Å²) in [6, 6.07) is 19.1. The van der Waals surface area contributed by atoms with E-state index in [1.54, 1.807) is 25.3 Å². The number of benzene rings is 2. The van der Waals surface area contributed by atoms with E-state index in [1.807, 2.05) is 30.3 Å². The average Bonchev–Trinajstić information content (AvgIpc) is 2.59. The number of hydrogen-bond donors (Lipinski definition) is 0. The van der Waals surface area contributed by atoms with Crippen LogP contribution in [0.2, 0.25) is 0 Å². The molecule has 0 N–H and O–H groups in total. The van der Waals surface area contributed by atoms with Crippen LogP contribution in [0.25, 0.3) is 0 Å². The predicted octanol–water partition coefficient (Wildman–Crippen LogP) is 3.62. The molecule has 4 heteroatoms. The first-order valence-corrected chi connectivity index (χ1v) is 6.81. The number of nitriles is 2. The monoisotopic (exact) mass is 292 g/mol. The summed E-state index contributed by atoms with van der Waals surface area (Å²) in [5.41, 5.74) is 1.46. The molecule has 0 aliphatic carbocycles. The van der Waals surface area contributed by atoms with Crippen LogP contribution < -0.4 is 9.47 Å². The van der Waals surface area contributed by atoms with Gasteiger partial charge in [-0.3, -0.25) is 0 Å². The highest BCUT2D eigenvalue weighted by molar-refractivity contribution is 5.52. The molecule has 0 unspecified atom stereocenters. The molecule has 0 fully saturated rings. The van der Waals surface area contributed by atoms with Crippen molar-refractivity contribution < 1.29 is 9.47 Å². The Morgan fingerprint density at radius 1 is 0.818 bits per heavy atom. The molecule has 2 rings (SSSR count). The molecule has 2 aromatic rings. The molecular weight excluding hydrogens is 276 g/mol. The lowest BCUT2D eigenvalue weighted by molar-refractivity contribution is 0.350. The van der Waals surface area contributed by atoms with Crippen molar-refractivity contribution in [2.24, 2.45) is 0 Å². The predicted molar refractivity (Wildman–Crippen MR) is 82.7 cm³/mol. The Hall–Kier alpha value is -2.98. The van der Waals surface area contributed by atoms with Crippen molar-refractivity contribution in [2.75, 3.05) is 14.2 Å². The summed E-state index contributed by atoms with van der Waals surface area (Å²) in [6.07, 6.45) is 0. The lowest BCUT2D eigenvalue weighted by Crippen LogP contribution is -2.10. The number of methoxy groups -OCH3 is 2. The fraction of sp³-hybridized carbons (Fsp3) is 0.222. The Morgan fingerprint density at radius 3 is 2.05 bits per heavy atom. The first kappa shape index (κ1) is 15.4. The highest BCUT2D eigenvalue weighted by Gasteiger charge is 2.28. The van der Waals surface area contributed by atoms with Gasteiger partial charge in [0.25, 0.3) is 0 Å². The van der Waals surface area contributed by atoms with Gasteiger partial charge in [0, 0.05) is 5.56 Å². The molecule has 0 bridgehead atoms. The maximum absolute atomic E-state index is 9.63. The molecule has 0 saturated carbocycles. The summed E-state index contributed by atoms with van der Waals surface area (Å²) >= 11 is 0. The molecule has 0 aliphatic heterocycles. The van der Waals surface area contributed by atoms with Crippen LogP contribution in [-0.2, 0) is 0 Å². The van der Waals surface area contributed by atoms with E-state index >= 15 is 0 Å². The zero-order valence-electron chi connectivity index (χ0n) is 12.5. The van der Waals surface area contributed by atoms with Gasteiger partial charge in [0.2, 0.25) is 0 Å². The molecular formula is C18H16N2O2. The molecule has 0 aliphatic rings. The number of ether oxygens (including phenoxy) is 2. The van der Waals surface area contributed by atoms with Crippen LogP contribution >= 0.6 is 0 Å². The van der Waals surface area contributed by atoms with E-state index in [4.69, 9.17) is 9.47 Å². The number of nitrogens with zero attached hydrogens (tertiary/aromatic N) is 2. The van der Waals surface area contributed by atoms with Crippen LogP contribution in [-0.4, -0.2) is 14.2 Å². The summed E-state index contributed by atoms with van der Waals surface area (Å²) in [6.45, 7) is 0. The van der Waals surface area contributed by atoms with Crippen LogP contribution in [0.15, 0.2) is 48.5 Å². The molecule has 0 amide bonds. The van der Waals surface area contributed by atoms with Gasteiger partial charge >= 0.3 is 0 Å². The fourth-order valence-corrected chi connectivity index (χ4v) is 2.48. The van der Waals surface area contributed by atoms with Gasteiger partial charge in [0.05, 0.1) is 38.2 Å². The number of rotatable bonds is 5. The van der Waals surface area contributed by atoms with Gasteiger partial charge in [-0.1, -0.05) is 42.5 Å². The maximum Gasteiger partial charge on any atom is 0.165 e. The lowest BCUT2D eigenvalue weighted by atomic mass is 9.83. The number of para-hydroxylation sites is 1. The van der Waals surface area contributed by atoms with Crippen molar-refractivity contribution >= 4 is 0 Å². The second-order valence-corrected chi connectivity index (χ2v) is 4.71. The third-order valence-electron chi connectivity index (χ3n) is 3.54. The highest BCUT2D eigenvalue weighted by Crippen LogP contribution is 2.41. The summed E-state index contributed by atoms with van der Waals surface area (Å²) in [5.74, 6) is -0.178. The van der Waals surface area contributed by atoms with E-state index < -0.39 is 11.8 Å². The van der Waals surface area contributed by atoms with E-state index in [9.17, 15) is 10.5 Å². The normalized spacial score (nSPS) is 12.5. The van der Waals surface area contributed by atoms with Crippen LogP contribution in [0.5, 0.6) is 11.5 Å². The van der Waals surface area contributed by atoms with Crippen molar-refractivity contribution in [3.8, 4) is 23.6 Å². The Bertz CT molecular complexity index is 714. The smallest absolute Gasteiger partial charge is 0.165 e. The topological polar surface area (TPSA) is 66.0 Å². The maximum atomic E-state index is 9.63. The molecule has 0 heterocycles. The quantitative estimate of drug-likeness (QED) is 0.844. The fourth-order valence-electron chi connectivity index (χ4n) is 2.48. The van der Waals surface area contributed by atoms with Gasteiger partial charge in [0.15, 0.2) is 11.5 Å². The van der Waals surface area contributed by atoms with Crippen molar-refractivity contribution in [3.05, 3.63) is 59.7 Å². The average molecular weight is 292 g/mol. The summed E-state index contributed by atoms with van der Waals surface area (Å²) in [4.78, 5) is 0. The van der Waals surface area contributed by atoms with Gasteiger partial charge in [0.1, 0.15) is 0 Å². The van der Waals surface area contributed by atoms with Crippen LogP contribution in [0.3, 0.4) is 0 Å². The van der Waals surface area contributed by atoms with Gasteiger partial charge in [-0.2, -0.15) is 10.5 Å². The minimum Gasteiger partial charge on any atom is -0.493 e. The molecule has 2 aromatic carbocycles. The standard InChI is InChI=1S/C18H16N2O2/c1-21-17-10-6-9-14(18(17)22-2)16(12-20)15(11-19)13-7-4-3-5-8-13/h3-10,15-16H,1-2H3/t15-,16+/m1/s1. The van der Waals surface area contributed by atoms with Gasteiger partial charge < -0.3 is 9.47 Å². The molecule has 0 saturated heterocycles. The highest BCUT2D eigenvalue weighted by atomic mass is 16.5. The van der Waals surface area contributed by atoms with Gasteiger partial charge in [-0.05, 0) is 11.6 Å². The van der Waals surface area contributed by atoms with Gasteiger partial charge in [-0.15, -0.1) is 0 Å². The molecule has 0 aromatic heterocycles. The lowest BCUT2D eigenvalue weighted by Gasteiger charge is -2.20. The Labute approximate surface area is 130 Å². The summed E-state index contributed by atoms with van der Waals surface area (Å²) in [7, 11) is 3.07. The van der Waals surface area contributed by atoms with Crippen molar-refractivity contribution in [3.63, 3.8) is 0 Å². The summed E-state index contributed by atoms with van der Waals surface area (Å²) in [5, 5.41) is 19.2. The van der Waals surface area contributed by atoms with E-state index in [0.717, 1.165) is 5.56 Å². The zero-order chi connectivity index (χ0) is 15.9.